The molecule has 0 amide bonds. The third kappa shape index (κ3) is 4.10. The summed E-state index contributed by atoms with van der Waals surface area (Å²) in [7, 11) is 1.59. The predicted octanol–water partition coefficient (Wildman–Crippen LogP) is 4.68. The van der Waals surface area contributed by atoms with Crippen LogP contribution < -0.4 is 10.1 Å². The fourth-order valence-corrected chi connectivity index (χ4v) is 4.76. The molecule has 172 valence electrons. The Morgan fingerprint density at radius 3 is 2.64 bits per heavy atom. The Bertz CT molecular complexity index is 1300. The summed E-state index contributed by atoms with van der Waals surface area (Å²) < 4.78 is 9.41. The summed E-state index contributed by atoms with van der Waals surface area (Å²) in [6, 6.07) is 0. The normalized spacial score (nSPS) is 13.7. The van der Waals surface area contributed by atoms with E-state index in [1.54, 1.807) is 35.5 Å². The minimum absolute atomic E-state index is 0.125. The molecule has 10 heteroatoms. The molecule has 0 saturated heterocycles. The van der Waals surface area contributed by atoms with E-state index in [1.807, 2.05) is 18.5 Å². The Morgan fingerprint density at radius 2 is 1.91 bits per heavy atom. The number of nitrogens with one attached hydrogen (secondary N) is 1. The third-order valence-corrected chi connectivity index (χ3v) is 6.41. The molecule has 0 bridgehead atoms. The Labute approximate surface area is 196 Å². The van der Waals surface area contributed by atoms with Gasteiger partial charge < -0.3 is 10.1 Å². The summed E-state index contributed by atoms with van der Waals surface area (Å²) in [6.07, 6.45) is 9.77. The summed E-state index contributed by atoms with van der Waals surface area (Å²) >= 11 is 1.54. The largest absolute Gasteiger partial charge is 0.478 e. The summed E-state index contributed by atoms with van der Waals surface area (Å²) in [5.74, 6) is 2.07. The predicted molar refractivity (Wildman–Crippen MR) is 129 cm³/mol. The zero-order chi connectivity index (χ0) is 23.2. The lowest BCUT2D eigenvalue weighted by molar-refractivity contribution is 0.358. The lowest BCUT2D eigenvalue weighted by atomic mass is 9.97. The zero-order valence-electron chi connectivity index (χ0n) is 19.6. The van der Waals surface area contributed by atoms with Crippen LogP contribution in [0.25, 0.3) is 17.2 Å². The molecule has 0 atom stereocenters. The highest BCUT2D eigenvalue weighted by Crippen LogP contribution is 2.35. The molecule has 1 N–H and O–H groups in total. The smallest absolute Gasteiger partial charge is 0.258 e. The highest BCUT2D eigenvalue weighted by molar-refractivity contribution is 7.14. The molecule has 1 aliphatic rings. The molecule has 0 radical (unpaired) electrons. The van der Waals surface area contributed by atoms with Crippen LogP contribution in [0.15, 0.2) is 24.1 Å². The quantitative estimate of drug-likeness (QED) is 0.458. The van der Waals surface area contributed by atoms with E-state index < -0.39 is 0 Å². The van der Waals surface area contributed by atoms with E-state index in [-0.39, 0.29) is 5.54 Å². The maximum absolute atomic E-state index is 5.50. The van der Waals surface area contributed by atoms with Crippen molar-refractivity contribution in [1.82, 2.24) is 34.3 Å². The van der Waals surface area contributed by atoms with Crippen molar-refractivity contribution >= 4 is 22.3 Å². The molecule has 0 aliphatic heterocycles. The number of methoxy groups -OCH3 is 1. The van der Waals surface area contributed by atoms with E-state index in [9.17, 15) is 0 Å². The number of fused-ring (bicyclic) bond motifs is 1. The first-order valence-corrected chi connectivity index (χ1v) is 12.0. The molecule has 0 fully saturated rings. The van der Waals surface area contributed by atoms with E-state index in [2.05, 4.69) is 45.7 Å². The molecule has 1 aliphatic carbocycles. The Hall–Kier alpha value is -3.27. The van der Waals surface area contributed by atoms with E-state index >= 15 is 0 Å². The standard InChI is InChI=1S/C23H28N8OS/c1-14-11-30(13-25-14)20-21(32-5)26-17(10-24-20)18-12-33-22(27-18)28-19-15-8-6-7-9-16(15)29-31(19)23(2,3)4/h10-13H,6-9H2,1-5H3,(H,27,28). The highest BCUT2D eigenvalue weighted by Gasteiger charge is 2.27. The lowest BCUT2D eigenvalue weighted by Gasteiger charge is -2.23. The molecule has 0 unspecified atom stereocenters. The average Bonchev–Trinajstić information content (AvgIpc) is 3.52. The van der Waals surface area contributed by atoms with Gasteiger partial charge in [-0.05, 0) is 53.4 Å². The van der Waals surface area contributed by atoms with E-state index in [0.29, 0.717) is 17.4 Å². The minimum Gasteiger partial charge on any atom is -0.478 e. The number of hydrogen-bond acceptors (Lipinski definition) is 8. The van der Waals surface area contributed by atoms with Crippen LogP contribution in [0.2, 0.25) is 0 Å². The van der Waals surface area contributed by atoms with Gasteiger partial charge in [-0.3, -0.25) is 4.57 Å². The molecule has 0 aromatic carbocycles. The van der Waals surface area contributed by atoms with Gasteiger partial charge in [-0.1, -0.05) is 0 Å². The van der Waals surface area contributed by atoms with Gasteiger partial charge in [-0.25, -0.2) is 24.6 Å². The van der Waals surface area contributed by atoms with Crippen molar-refractivity contribution in [2.75, 3.05) is 12.4 Å². The molecular formula is C23H28N8OS. The molecule has 9 nitrogen and oxygen atoms in total. The van der Waals surface area contributed by atoms with Gasteiger partial charge in [-0.15, -0.1) is 11.3 Å². The molecule has 4 aromatic heterocycles. The average molecular weight is 465 g/mol. The molecule has 0 spiro atoms. The third-order valence-electron chi connectivity index (χ3n) is 5.66. The molecule has 4 aromatic rings. The van der Waals surface area contributed by atoms with Crippen LogP contribution in [-0.4, -0.2) is 41.4 Å². The van der Waals surface area contributed by atoms with Gasteiger partial charge in [0.05, 0.1) is 30.2 Å². The fourth-order valence-electron chi connectivity index (χ4n) is 4.06. The van der Waals surface area contributed by atoms with Gasteiger partial charge in [0.25, 0.3) is 5.88 Å². The summed E-state index contributed by atoms with van der Waals surface area (Å²) in [5, 5.41) is 11.3. The Kier molecular flexibility index (Phi) is 5.40. The van der Waals surface area contributed by atoms with Crippen LogP contribution in [0.1, 0.15) is 50.6 Å². The molecular weight excluding hydrogens is 436 g/mol. The minimum atomic E-state index is -0.125. The first kappa shape index (κ1) is 21.6. The second-order valence-corrected chi connectivity index (χ2v) is 10.1. The number of nitrogens with zero attached hydrogens (tertiary/aromatic N) is 7. The maximum Gasteiger partial charge on any atom is 0.258 e. The second-order valence-electron chi connectivity index (χ2n) is 9.24. The summed E-state index contributed by atoms with van der Waals surface area (Å²) in [5.41, 5.74) is 4.70. The van der Waals surface area contributed by atoms with Crippen molar-refractivity contribution in [3.05, 3.63) is 41.1 Å². The van der Waals surface area contributed by atoms with Crippen LogP contribution in [0.5, 0.6) is 5.88 Å². The van der Waals surface area contributed by atoms with Crippen LogP contribution in [0.4, 0.5) is 10.9 Å². The maximum atomic E-state index is 5.50. The van der Waals surface area contributed by atoms with E-state index in [0.717, 1.165) is 35.2 Å². The van der Waals surface area contributed by atoms with Crippen LogP contribution >= 0.6 is 11.3 Å². The second kappa shape index (κ2) is 8.26. The van der Waals surface area contributed by atoms with Gasteiger partial charge >= 0.3 is 0 Å². The lowest BCUT2D eigenvalue weighted by Crippen LogP contribution is -2.24. The zero-order valence-corrected chi connectivity index (χ0v) is 20.4. The Morgan fingerprint density at radius 1 is 1.09 bits per heavy atom. The number of rotatable bonds is 5. The Balaban J connectivity index is 1.46. The monoisotopic (exact) mass is 464 g/mol. The van der Waals surface area contributed by atoms with Gasteiger partial charge in [0.1, 0.15) is 23.5 Å². The first-order chi connectivity index (χ1) is 15.8. The van der Waals surface area contributed by atoms with Gasteiger partial charge in [0.15, 0.2) is 5.13 Å². The molecule has 4 heterocycles. The molecule has 33 heavy (non-hydrogen) atoms. The molecule has 5 rings (SSSR count). The van der Waals surface area contributed by atoms with E-state index in [4.69, 9.17) is 14.8 Å². The van der Waals surface area contributed by atoms with E-state index in [1.165, 1.54) is 24.1 Å². The summed E-state index contributed by atoms with van der Waals surface area (Å²) in [4.78, 5) is 18.3. The number of ether oxygens (including phenoxy) is 1. The van der Waals surface area contributed by atoms with Crippen molar-refractivity contribution in [3.63, 3.8) is 0 Å². The summed E-state index contributed by atoms with van der Waals surface area (Å²) in [6.45, 7) is 8.45. The van der Waals surface area contributed by atoms with Crippen molar-refractivity contribution in [2.45, 2.75) is 58.9 Å². The highest BCUT2D eigenvalue weighted by atomic mass is 32.1. The topological polar surface area (TPSA) is 95.6 Å². The fraction of sp³-hybridized carbons (Fsp3) is 0.435. The van der Waals surface area contributed by atoms with Crippen molar-refractivity contribution in [3.8, 4) is 23.1 Å². The molecule has 0 saturated carbocycles. The van der Waals surface area contributed by atoms with Crippen molar-refractivity contribution < 1.29 is 4.74 Å². The van der Waals surface area contributed by atoms with Gasteiger partial charge in [0, 0.05) is 17.1 Å². The number of aryl methyl sites for hydroxylation is 2. The first-order valence-electron chi connectivity index (χ1n) is 11.1. The number of hydrogen-bond donors (Lipinski definition) is 1. The van der Waals surface area contributed by atoms with Crippen molar-refractivity contribution in [2.24, 2.45) is 0 Å². The van der Waals surface area contributed by atoms with Crippen molar-refractivity contribution in [1.29, 1.82) is 0 Å². The number of anilines is 2. The number of aromatic nitrogens is 7. The SMILES string of the molecule is COc1nc(-c2csc(Nc3c4c(nn3C(C)(C)C)CCCC4)n2)cnc1-n1cnc(C)c1. The van der Waals surface area contributed by atoms with Crippen LogP contribution in [-0.2, 0) is 18.4 Å². The van der Waals surface area contributed by atoms with Gasteiger partial charge in [0.2, 0.25) is 5.82 Å². The van der Waals surface area contributed by atoms with Crippen LogP contribution in [0.3, 0.4) is 0 Å². The van der Waals surface area contributed by atoms with Crippen LogP contribution in [0, 0.1) is 6.92 Å². The number of thiazole rings is 1. The van der Waals surface area contributed by atoms with Gasteiger partial charge in [-0.2, -0.15) is 5.10 Å². The number of imidazole rings is 1.